The molecule has 0 saturated heterocycles. The van der Waals surface area contributed by atoms with E-state index in [4.69, 9.17) is 0 Å². The minimum Gasteiger partial charge on any atom is -0.313 e. The zero-order valence-corrected chi connectivity index (χ0v) is 29.4. The fourth-order valence-corrected chi connectivity index (χ4v) is 8.96. The van der Waals surface area contributed by atoms with Crippen molar-refractivity contribution in [2.75, 3.05) is 9.80 Å². The highest BCUT2D eigenvalue weighted by Gasteiger charge is 2.26. The molecule has 248 valence electrons. The summed E-state index contributed by atoms with van der Waals surface area (Å²) in [6.45, 7) is 0. The van der Waals surface area contributed by atoms with Crippen molar-refractivity contribution >= 4 is 62.9 Å². The van der Waals surface area contributed by atoms with Crippen molar-refractivity contribution in [1.29, 1.82) is 0 Å². The van der Waals surface area contributed by atoms with Gasteiger partial charge in [0, 0.05) is 49.2 Å². The number of aromatic nitrogens is 1. The summed E-state index contributed by atoms with van der Waals surface area (Å²) < 4.78 is 2.50. The summed E-state index contributed by atoms with van der Waals surface area (Å²) in [4.78, 5) is 7.35. The third-order valence-electron chi connectivity index (χ3n) is 10.2. The molecule has 0 unspecified atom stereocenters. The van der Waals surface area contributed by atoms with Gasteiger partial charge >= 0.3 is 0 Å². The number of nitrogens with zero attached hydrogens (tertiary/aromatic N) is 3. The van der Waals surface area contributed by atoms with Crippen molar-refractivity contribution in [3.63, 3.8) is 0 Å². The van der Waals surface area contributed by atoms with E-state index in [1.54, 1.807) is 0 Å². The molecule has 7 aromatic carbocycles. The molecule has 52 heavy (non-hydrogen) atoms. The first-order chi connectivity index (χ1) is 25.8. The van der Waals surface area contributed by atoms with Gasteiger partial charge in [-0.05, 0) is 109 Å². The van der Waals surface area contributed by atoms with Crippen LogP contribution < -0.4 is 9.80 Å². The summed E-state index contributed by atoms with van der Waals surface area (Å²) in [6, 6.07) is 63.7. The van der Waals surface area contributed by atoms with E-state index >= 15 is 0 Å². The van der Waals surface area contributed by atoms with E-state index in [9.17, 15) is 0 Å². The lowest BCUT2D eigenvalue weighted by Gasteiger charge is -2.33. The molecule has 4 heteroatoms. The average molecular weight is 686 g/mol. The molecule has 0 saturated carbocycles. The van der Waals surface area contributed by atoms with E-state index < -0.39 is 0 Å². The van der Waals surface area contributed by atoms with E-state index in [1.807, 2.05) is 11.8 Å². The second kappa shape index (κ2) is 12.8. The van der Waals surface area contributed by atoms with Crippen molar-refractivity contribution in [1.82, 2.24) is 4.57 Å². The van der Waals surface area contributed by atoms with Crippen LogP contribution in [-0.4, -0.2) is 4.57 Å². The van der Waals surface area contributed by atoms with Crippen LogP contribution in [0.1, 0.15) is 17.7 Å². The fourth-order valence-electron chi connectivity index (χ4n) is 7.90. The largest absolute Gasteiger partial charge is 0.313 e. The molecule has 1 aliphatic carbocycles. The molecule has 0 spiro atoms. The molecule has 10 rings (SSSR count). The zero-order valence-electron chi connectivity index (χ0n) is 28.6. The maximum atomic E-state index is 2.50. The van der Waals surface area contributed by atoms with Crippen molar-refractivity contribution < 1.29 is 0 Å². The van der Waals surface area contributed by atoms with Gasteiger partial charge in [0.1, 0.15) is 0 Å². The van der Waals surface area contributed by atoms with Crippen molar-refractivity contribution in [3.05, 3.63) is 193 Å². The Labute approximate surface area is 308 Å². The first kappa shape index (κ1) is 30.6. The lowest BCUT2D eigenvalue weighted by atomic mass is 10.00. The van der Waals surface area contributed by atoms with E-state index in [-0.39, 0.29) is 0 Å². The normalized spacial score (nSPS) is 13.0. The molecule has 0 amide bonds. The highest BCUT2D eigenvalue weighted by Crippen LogP contribution is 2.51. The smallest absolute Gasteiger partial charge is 0.0601 e. The maximum Gasteiger partial charge on any atom is 0.0601 e. The van der Waals surface area contributed by atoms with Crippen LogP contribution >= 0.6 is 11.8 Å². The lowest BCUT2D eigenvalue weighted by Crippen LogP contribution is -2.14. The van der Waals surface area contributed by atoms with Crippen LogP contribution in [0.2, 0.25) is 0 Å². The van der Waals surface area contributed by atoms with Crippen LogP contribution in [0.25, 0.3) is 33.8 Å². The number of anilines is 6. The van der Waals surface area contributed by atoms with Crippen LogP contribution in [0.4, 0.5) is 34.1 Å². The number of hydrogen-bond acceptors (Lipinski definition) is 3. The summed E-state index contributed by atoms with van der Waals surface area (Å²) in [6.07, 6.45) is 6.69. The Bertz CT molecular complexity index is 2540. The number of allylic oxidation sites excluding steroid dienone is 1. The van der Waals surface area contributed by atoms with Crippen LogP contribution in [0, 0.1) is 0 Å². The van der Waals surface area contributed by atoms with Gasteiger partial charge in [-0.3, -0.25) is 0 Å². The second-order valence-electron chi connectivity index (χ2n) is 13.3. The van der Waals surface area contributed by atoms with Crippen LogP contribution in [0.3, 0.4) is 0 Å². The molecule has 0 N–H and O–H groups in total. The molecular weight excluding hydrogens is 651 g/mol. The standard InChI is InChI=1S/C48H35N3S/c1-3-14-34(15-4-1)35-26-28-37(29-27-35)49(36-16-5-2-6-17-36)44-22-13-23-45-48(44)40-18-7-8-19-41(40)50(45)38-30-32-39(33-31-38)51-42-20-9-11-24-46(42)52-47-25-12-10-21-43(47)51/h1-7,9-18,20-33H,8,19H2. The monoisotopic (exact) mass is 685 g/mol. The van der Waals surface area contributed by atoms with E-state index in [1.165, 1.54) is 65.8 Å². The van der Waals surface area contributed by atoms with Gasteiger partial charge in [0.2, 0.25) is 0 Å². The summed E-state index contributed by atoms with van der Waals surface area (Å²) in [5, 5.41) is 1.27. The number of hydrogen-bond donors (Lipinski definition) is 0. The van der Waals surface area contributed by atoms with Crippen LogP contribution in [0.15, 0.2) is 192 Å². The first-order valence-corrected chi connectivity index (χ1v) is 18.7. The Balaban J connectivity index is 1.11. The van der Waals surface area contributed by atoms with E-state index in [0.29, 0.717) is 0 Å². The fraction of sp³-hybridized carbons (Fsp3) is 0.0417. The molecule has 8 aromatic rings. The van der Waals surface area contributed by atoms with Gasteiger partial charge in [-0.2, -0.15) is 0 Å². The minimum atomic E-state index is 0.989. The van der Waals surface area contributed by atoms with Gasteiger partial charge in [-0.25, -0.2) is 0 Å². The SMILES string of the molecule is C1=Cc2c(n(-c3ccc(N4c5ccccc5Sc5ccccc54)cc3)c3cccc(N(c4ccccc4)c4ccc(-c5ccccc5)cc4)c23)CC1. The quantitative estimate of drug-likeness (QED) is 0.173. The van der Waals surface area contributed by atoms with Gasteiger partial charge in [-0.15, -0.1) is 0 Å². The summed E-state index contributed by atoms with van der Waals surface area (Å²) in [5.41, 5.74) is 14.5. The topological polar surface area (TPSA) is 11.4 Å². The van der Waals surface area contributed by atoms with E-state index in [0.717, 1.165) is 29.9 Å². The van der Waals surface area contributed by atoms with Crippen molar-refractivity contribution in [3.8, 4) is 16.8 Å². The van der Waals surface area contributed by atoms with Gasteiger partial charge in [0.25, 0.3) is 0 Å². The van der Waals surface area contributed by atoms with Gasteiger partial charge < -0.3 is 14.4 Å². The molecule has 1 aliphatic heterocycles. The first-order valence-electron chi connectivity index (χ1n) is 17.9. The Kier molecular flexibility index (Phi) is 7.54. The van der Waals surface area contributed by atoms with Crippen molar-refractivity contribution in [2.24, 2.45) is 0 Å². The molecule has 0 bridgehead atoms. The summed E-state index contributed by atoms with van der Waals surface area (Å²) in [7, 11) is 0. The second-order valence-corrected chi connectivity index (χ2v) is 14.4. The Morgan fingerprint density at radius 2 is 1.10 bits per heavy atom. The molecule has 0 atom stereocenters. The number of para-hydroxylation sites is 3. The third kappa shape index (κ3) is 5.14. The van der Waals surface area contributed by atoms with Crippen molar-refractivity contribution in [2.45, 2.75) is 22.6 Å². The van der Waals surface area contributed by atoms with Gasteiger partial charge in [0.15, 0.2) is 0 Å². The van der Waals surface area contributed by atoms with Crippen LogP contribution in [-0.2, 0) is 6.42 Å². The molecule has 2 aliphatic rings. The molecule has 2 heterocycles. The number of benzene rings is 7. The van der Waals surface area contributed by atoms with E-state index in [2.05, 4.69) is 202 Å². The number of rotatable bonds is 6. The maximum absolute atomic E-state index is 2.50. The Morgan fingerprint density at radius 3 is 1.81 bits per heavy atom. The average Bonchev–Trinajstić information content (AvgIpc) is 3.56. The Hall–Kier alpha value is -6.23. The number of fused-ring (bicyclic) bond motifs is 5. The highest BCUT2D eigenvalue weighted by atomic mass is 32.2. The predicted molar refractivity (Wildman–Crippen MR) is 220 cm³/mol. The van der Waals surface area contributed by atoms with Gasteiger partial charge in [-0.1, -0.05) is 115 Å². The molecular formula is C48H35N3S. The summed E-state index contributed by atoms with van der Waals surface area (Å²) >= 11 is 1.84. The molecule has 1 aromatic heterocycles. The molecule has 3 nitrogen and oxygen atoms in total. The third-order valence-corrected chi connectivity index (χ3v) is 11.4. The Morgan fingerprint density at radius 1 is 0.500 bits per heavy atom. The van der Waals surface area contributed by atoms with Crippen LogP contribution in [0.5, 0.6) is 0 Å². The van der Waals surface area contributed by atoms with Gasteiger partial charge in [0.05, 0.1) is 22.6 Å². The molecule has 0 radical (unpaired) electrons. The summed E-state index contributed by atoms with van der Waals surface area (Å²) in [5.74, 6) is 0. The predicted octanol–water partition coefficient (Wildman–Crippen LogP) is 13.7. The zero-order chi connectivity index (χ0) is 34.4. The highest BCUT2D eigenvalue weighted by molar-refractivity contribution is 7.99. The molecule has 0 fully saturated rings. The minimum absolute atomic E-state index is 0.989. The lowest BCUT2D eigenvalue weighted by molar-refractivity contribution is 0.888.